The Morgan fingerprint density at radius 3 is 2.90 bits per heavy atom. The molecule has 0 aliphatic carbocycles. The monoisotopic (exact) mass is 206 g/mol. The van der Waals surface area contributed by atoms with Crippen LogP contribution >= 0.6 is 15.9 Å². The molecule has 10 heavy (non-hydrogen) atoms. The van der Waals surface area contributed by atoms with E-state index in [9.17, 15) is 4.79 Å². The van der Waals surface area contributed by atoms with E-state index in [1.807, 2.05) is 6.92 Å². The van der Waals surface area contributed by atoms with Crippen molar-refractivity contribution in [1.82, 2.24) is 0 Å². The van der Waals surface area contributed by atoms with E-state index in [4.69, 9.17) is 4.74 Å². The third-order valence-corrected chi connectivity index (χ3v) is 2.18. The van der Waals surface area contributed by atoms with E-state index in [0.29, 0.717) is 6.61 Å². The highest BCUT2D eigenvalue weighted by molar-refractivity contribution is 9.10. The molecular weight excluding hydrogens is 196 g/mol. The summed E-state index contributed by atoms with van der Waals surface area (Å²) in [4.78, 5) is 11.2. The van der Waals surface area contributed by atoms with Crippen molar-refractivity contribution < 1.29 is 9.53 Å². The standard InChI is InChI=1S/C7H11BrO2/c1-5(8)7(9)6-2-3-10-4-6/h5-6H,2-4H2,1H3/t5-,6+/m1/s1. The van der Waals surface area contributed by atoms with Crippen LogP contribution in [0, 0.1) is 5.92 Å². The molecule has 1 fully saturated rings. The van der Waals surface area contributed by atoms with Crippen molar-refractivity contribution >= 4 is 21.7 Å². The molecule has 2 nitrogen and oxygen atoms in total. The van der Waals surface area contributed by atoms with Gasteiger partial charge in [-0.1, -0.05) is 15.9 Å². The Labute approximate surface area is 69.1 Å². The molecule has 1 aliphatic rings. The van der Waals surface area contributed by atoms with Gasteiger partial charge in [0.25, 0.3) is 0 Å². The van der Waals surface area contributed by atoms with Gasteiger partial charge in [-0.05, 0) is 13.3 Å². The van der Waals surface area contributed by atoms with E-state index in [1.54, 1.807) is 0 Å². The Balaban J connectivity index is 2.40. The predicted octanol–water partition coefficient (Wildman–Crippen LogP) is 1.38. The molecule has 1 rings (SSSR count). The van der Waals surface area contributed by atoms with Gasteiger partial charge in [-0.25, -0.2) is 0 Å². The van der Waals surface area contributed by atoms with E-state index in [0.717, 1.165) is 13.0 Å². The molecule has 0 aromatic carbocycles. The Hall–Kier alpha value is 0.110. The van der Waals surface area contributed by atoms with Gasteiger partial charge in [-0.15, -0.1) is 0 Å². The van der Waals surface area contributed by atoms with E-state index >= 15 is 0 Å². The lowest BCUT2D eigenvalue weighted by Crippen LogP contribution is -2.21. The molecule has 58 valence electrons. The molecule has 0 saturated carbocycles. The number of hydrogen-bond acceptors (Lipinski definition) is 2. The average Bonchev–Trinajstić information content (AvgIpc) is 2.36. The molecule has 0 radical (unpaired) electrons. The largest absolute Gasteiger partial charge is 0.381 e. The zero-order chi connectivity index (χ0) is 7.56. The quantitative estimate of drug-likeness (QED) is 0.639. The summed E-state index contributed by atoms with van der Waals surface area (Å²) >= 11 is 3.24. The molecule has 1 heterocycles. The number of rotatable bonds is 2. The zero-order valence-electron chi connectivity index (χ0n) is 5.97. The molecule has 0 spiro atoms. The summed E-state index contributed by atoms with van der Waals surface area (Å²) in [5, 5.41) is 0. The number of alkyl halides is 1. The SMILES string of the molecule is C[C@@H](Br)C(=O)[C@H]1CCOC1. The Morgan fingerprint density at radius 2 is 2.50 bits per heavy atom. The first-order valence-electron chi connectivity index (χ1n) is 3.47. The summed E-state index contributed by atoms with van der Waals surface area (Å²) in [6.45, 7) is 3.23. The second kappa shape index (κ2) is 3.49. The minimum atomic E-state index is -0.0146. The number of Topliss-reactive ketones (excluding diaryl/α,β-unsaturated/α-hetero) is 1. The van der Waals surface area contributed by atoms with Crippen LogP contribution in [-0.4, -0.2) is 23.8 Å². The van der Waals surface area contributed by atoms with Gasteiger partial charge < -0.3 is 4.74 Å². The van der Waals surface area contributed by atoms with Crippen molar-refractivity contribution in [2.75, 3.05) is 13.2 Å². The van der Waals surface area contributed by atoms with Crippen LogP contribution in [-0.2, 0) is 9.53 Å². The second-order valence-electron chi connectivity index (χ2n) is 2.58. The Morgan fingerprint density at radius 1 is 1.80 bits per heavy atom. The van der Waals surface area contributed by atoms with E-state index < -0.39 is 0 Å². The molecular formula is C7H11BrO2. The van der Waals surface area contributed by atoms with Gasteiger partial charge in [-0.3, -0.25) is 4.79 Å². The Kier molecular flexibility index (Phi) is 2.86. The lowest BCUT2D eigenvalue weighted by atomic mass is 10.0. The molecule has 0 N–H and O–H groups in total. The zero-order valence-corrected chi connectivity index (χ0v) is 7.56. The smallest absolute Gasteiger partial charge is 0.151 e. The van der Waals surface area contributed by atoms with Gasteiger partial charge in [0.05, 0.1) is 11.4 Å². The highest BCUT2D eigenvalue weighted by atomic mass is 79.9. The summed E-state index contributed by atoms with van der Waals surface area (Å²) in [7, 11) is 0. The lowest BCUT2D eigenvalue weighted by molar-refractivity contribution is -0.121. The van der Waals surface area contributed by atoms with Crippen LogP contribution in [0.4, 0.5) is 0 Å². The van der Waals surface area contributed by atoms with Crippen LogP contribution in [0.5, 0.6) is 0 Å². The molecule has 1 saturated heterocycles. The van der Waals surface area contributed by atoms with Crippen molar-refractivity contribution in [2.45, 2.75) is 18.2 Å². The van der Waals surface area contributed by atoms with Gasteiger partial charge in [0.15, 0.2) is 5.78 Å². The van der Waals surface area contributed by atoms with Crippen molar-refractivity contribution in [2.24, 2.45) is 5.92 Å². The van der Waals surface area contributed by atoms with Crippen molar-refractivity contribution in [3.63, 3.8) is 0 Å². The topological polar surface area (TPSA) is 26.3 Å². The first kappa shape index (κ1) is 8.21. The first-order valence-corrected chi connectivity index (χ1v) is 4.39. The number of ketones is 1. The molecule has 0 aromatic heterocycles. The lowest BCUT2D eigenvalue weighted by Gasteiger charge is -2.06. The summed E-state index contributed by atoms with van der Waals surface area (Å²) < 4.78 is 5.09. The van der Waals surface area contributed by atoms with E-state index in [2.05, 4.69) is 15.9 Å². The van der Waals surface area contributed by atoms with Crippen LogP contribution < -0.4 is 0 Å². The summed E-state index contributed by atoms with van der Waals surface area (Å²) in [6.07, 6.45) is 0.898. The fraction of sp³-hybridized carbons (Fsp3) is 0.857. The normalized spacial score (nSPS) is 28.4. The number of carbonyl (C=O) groups is 1. The van der Waals surface area contributed by atoms with Gasteiger partial charge in [0.2, 0.25) is 0 Å². The van der Waals surface area contributed by atoms with Crippen LogP contribution in [0.3, 0.4) is 0 Å². The second-order valence-corrected chi connectivity index (χ2v) is 3.95. The summed E-state index contributed by atoms with van der Waals surface area (Å²) in [5.74, 6) is 0.423. The van der Waals surface area contributed by atoms with Crippen molar-refractivity contribution in [3.8, 4) is 0 Å². The van der Waals surface area contributed by atoms with Crippen molar-refractivity contribution in [3.05, 3.63) is 0 Å². The summed E-state index contributed by atoms with van der Waals surface area (Å²) in [5.41, 5.74) is 0. The molecule has 2 atom stereocenters. The minimum absolute atomic E-state index is 0.0146. The number of ether oxygens (including phenoxy) is 1. The molecule has 3 heteroatoms. The van der Waals surface area contributed by atoms with Crippen LogP contribution in [0.15, 0.2) is 0 Å². The fourth-order valence-corrected chi connectivity index (χ4v) is 1.46. The predicted molar refractivity (Wildman–Crippen MR) is 42.3 cm³/mol. The average molecular weight is 207 g/mol. The fourth-order valence-electron chi connectivity index (χ4n) is 1.08. The number of hydrogen-bond donors (Lipinski definition) is 0. The molecule has 0 bridgehead atoms. The van der Waals surface area contributed by atoms with Crippen LogP contribution in [0.25, 0.3) is 0 Å². The molecule has 1 aliphatic heterocycles. The van der Waals surface area contributed by atoms with Crippen molar-refractivity contribution in [1.29, 1.82) is 0 Å². The molecule has 0 aromatic rings. The highest BCUT2D eigenvalue weighted by Gasteiger charge is 2.25. The number of halogens is 1. The van der Waals surface area contributed by atoms with Gasteiger partial charge >= 0.3 is 0 Å². The first-order chi connectivity index (χ1) is 4.72. The van der Waals surface area contributed by atoms with Gasteiger partial charge in [-0.2, -0.15) is 0 Å². The maximum Gasteiger partial charge on any atom is 0.151 e. The molecule has 0 amide bonds. The minimum Gasteiger partial charge on any atom is -0.381 e. The van der Waals surface area contributed by atoms with Crippen LogP contribution in [0.2, 0.25) is 0 Å². The van der Waals surface area contributed by atoms with E-state index in [1.165, 1.54) is 0 Å². The van der Waals surface area contributed by atoms with Crippen LogP contribution in [0.1, 0.15) is 13.3 Å². The van der Waals surface area contributed by atoms with E-state index in [-0.39, 0.29) is 16.5 Å². The Bertz CT molecular complexity index is 128. The highest BCUT2D eigenvalue weighted by Crippen LogP contribution is 2.17. The third-order valence-electron chi connectivity index (χ3n) is 1.72. The maximum atomic E-state index is 11.2. The molecule has 0 unspecified atom stereocenters. The maximum absolute atomic E-state index is 11.2. The van der Waals surface area contributed by atoms with Gasteiger partial charge in [0.1, 0.15) is 0 Å². The number of carbonyl (C=O) groups excluding carboxylic acids is 1. The third kappa shape index (κ3) is 1.80. The summed E-state index contributed by atoms with van der Waals surface area (Å²) in [6, 6.07) is 0. The van der Waals surface area contributed by atoms with Gasteiger partial charge in [0, 0.05) is 12.5 Å².